The van der Waals surface area contributed by atoms with Gasteiger partial charge in [0.2, 0.25) is 5.91 Å². The normalized spacial score (nSPS) is 24.1. The number of carbonyl (C=O) groups excluding carboxylic acids is 1. The van der Waals surface area contributed by atoms with Crippen LogP contribution in [0.3, 0.4) is 0 Å². The molecular weight excluding hydrogens is 276 g/mol. The van der Waals surface area contributed by atoms with Crippen LogP contribution in [-0.2, 0) is 4.79 Å². The van der Waals surface area contributed by atoms with Crippen LogP contribution in [0.15, 0.2) is 11.8 Å². The van der Waals surface area contributed by atoms with Crippen molar-refractivity contribution in [3.8, 4) is 0 Å². The molecule has 1 aliphatic heterocycles. The van der Waals surface area contributed by atoms with E-state index in [4.69, 9.17) is 0 Å². The van der Waals surface area contributed by atoms with Crippen molar-refractivity contribution in [3.05, 3.63) is 11.8 Å². The van der Waals surface area contributed by atoms with E-state index in [9.17, 15) is 4.79 Å². The van der Waals surface area contributed by atoms with Crippen molar-refractivity contribution < 1.29 is 4.79 Å². The standard InChI is InChI=1S/C15H28N4O.C2H6/c1-5-16-13-6-11(7-13)8-17-14(20)12-9-18-19(10-12)15(2,3)4;1-2/h10-11,13,16,18H,5-9H2,1-4H3,(H,17,20);1-2H3. The molecule has 5 nitrogen and oxygen atoms in total. The van der Waals surface area contributed by atoms with Gasteiger partial charge in [0.25, 0.3) is 0 Å². The van der Waals surface area contributed by atoms with Crippen molar-refractivity contribution in [2.75, 3.05) is 19.6 Å². The predicted octanol–water partition coefficient (Wildman–Crippen LogP) is 2.02. The Hall–Kier alpha value is -1.07. The van der Waals surface area contributed by atoms with Crippen molar-refractivity contribution in [2.24, 2.45) is 5.92 Å². The van der Waals surface area contributed by atoms with E-state index in [-0.39, 0.29) is 11.4 Å². The van der Waals surface area contributed by atoms with Crippen LogP contribution in [0.25, 0.3) is 0 Å². The maximum absolute atomic E-state index is 12.1. The molecule has 0 aromatic heterocycles. The van der Waals surface area contributed by atoms with Crippen molar-refractivity contribution >= 4 is 5.91 Å². The monoisotopic (exact) mass is 310 g/mol. The summed E-state index contributed by atoms with van der Waals surface area (Å²) < 4.78 is 0. The molecule has 1 saturated carbocycles. The summed E-state index contributed by atoms with van der Waals surface area (Å²) in [5, 5.41) is 8.50. The lowest BCUT2D eigenvalue weighted by molar-refractivity contribution is -0.117. The molecule has 22 heavy (non-hydrogen) atoms. The third-order valence-corrected chi connectivity index (χ3v) is 4.02. The maximum Gasteiger partial charge on any atom is 0.250 e. The molecular formula is C17H34N4O. The van der Waals surface area contributed by atoms with Crippen molar-refractivity contribution in [2.45, 2.75) is 66.0 Å². The Balaban J connectivity index is 0.00000116. The highest BCUT2D eigenvalue weighted by atomic mass is 16.1. The third kappa shape index (κ3) is 5.29. The lowest BCUT2D eigenvalue weighted by atomic mass is 9.80. The molecule has 0 aromatic rings. The summed E-state index contributed by atoms with van der Waals surface area (Å²) in [7, 11) is 0. The number of rotatable bonds is 5. The number of carbonyl (C=O) groups is 1. The molecule has 2 rings (SSSR count). The Kier molecular flexibility index (Phi) is 7.36. The molecule has 0 saturated heterocycles. The van der Waals surface area contributed by atoms with E-state index >= 15 is 0 Å². The fourth-order valence-corrected chi connectivity index (χ4v) is 2.70. The molecule has 1 fully saturated rings. The fraction of sp³-hybridized carbons (Fsp3) is 0.824. The number of amides is 1. The fourth-order valence-electron chi connectivity index (χ4n) is 2.70. The number of hydrogen-bond acceptors (Lipinski definition) is 4. The minimum absolute atomic E-state index is 0.00491. The van der Waals surface area contributed by atoms with E-state index in [1.54, 1.807) is 0 Å². The molecule has 5 heteroatoms. The Morgan fingerprint density at radius 1 is 1.36 bits per heavy atom. The zero-order valence-corrected chi connectivity index (χ0v) is 15.1. The van der Waals surface area contributed by atoms with Gasteiger partial charge in [-0.2, -0.15) is 0 Å². The Labute approximate surface area is 135 Å². The van der Waals surface area contributed by atoms with Crippen LogP contribution in [0, 0.1) is 5.92 Å². The SMILES string of the molecule is CC.CCNC1CC(CNC(=O)C2=CN(C(C)(C)C)NC2)C1. The third-order valence-electron chi connectivity index (χ3n) is 4.02. The summed E-state index contributed by atoms with van der Waals surface area (Å²) in [6.07, 6.45) is 4.29. The van der Waals surface area contributed by atoms with Crippen molar-refractivity contribution in [1.29, 1.82) is 0 Å². The summed E-state index contributed by atoms with van der Waals surface area (Å²) in [5.74, 6) is 0.702. The Morgan fingerprint density at radius 3 is 2.50 bits per heavy atom. The van der Waals surface area contributed by atoms with E-state index in [0.717, 1.165) is 18.7 Å². The summed E-state index contributed by atoms with van der Waals surface area (Å²) in [6.45, 7) is 14.9. The second kappa shape index (κ2) is 8.53. The van der Waals surface area contributed by atoms with Gasteiger partial charge in [-0.3, -0.25) is 4.79 Å². The molecule has 0 unspecified atom stereocenters. The summed E-state index contributed by atoms with van der Waals surface area (Å²) in [6, 6.07) is 0.658. The van der Waals surface area contributed by atoms with Gasteiger partial charge in [-0.25, -0.2) is 5.43 Å². The van der Waals surface area contributed by atoms with Crippen LogP contribution in [0.4, 0.5) is 0 Å². The molecule has 3 N–H and O–H groups in total. The first kappa shape index (κ1) is 19.0. The van der Waals surface area contributed by atoms with Gasteiger partial charge in [-0.15, -0.1) is 0 Å². The second-order valence-corrected chi connectivity index (χ2v) is 6.83. The molecule has 1 heterocycles. The van der Waals surface area contributed by atoms with Crippen molar-refractivity contribution in [3.63, 3.8) is 0 Å². The number of hydrazine groups is 1. The molecule has 0 atom stereocenters. The van der Waals surface area contributed by atoms with Gasteiger partial charge in [0, 0.05) is 36.4 Å². The number of nitrogens with one attached hydrogen (secondary N) is 3. The van der Waals surface area contributed by atoms with E-state index in [0.29, 0.717) is 18.5 Å². The van der Waals surface area contributed by atoms with Gasteiger partial charge in [0.05, 0.1) is 0 Å². The largest absolute Gasteiger partial charge is 0.352 e. The van der Waals surface area contributed by atoms with E-state index in [1.165, 1.54) is 12.8 Å². The highest BCUT2D eigenvalue weighted by molar-refractivity contribution is 5.94. The average Bonchev–Trinajstić information content (AvgIpc) is 2.93. The molecule has 0 bridgehead atoms. The first-order chi connectivity index (χ1) is 10.4. The first-order valence-electron chi connectivity index (χ1n) is 8.65. The highest BCUT2D eigenvalue weighted by Gasteiger charge is 2.30. The van der Waals surface area contributed by atoms with Gasteiger partial charge < -0.3 is 15.6 Å². The van der Waals surface area contributed by atoms with Crippen LogP contribution in [0.5, 0.6) is 0 Å². The van der Waals surface area contributed by atoms with E-state index in [1.807, 2.05) is 25.1 Å². The Bertz CT molecular complexity index is 381. The van der Waals surface area contributed by atoms with Gasteiger partial charge in [0.1, 0.15) is 0 Å². The van der Waals surface area contributed by atoms with E-state index in [2.05, 4.69) is 43.8 Å². The minimum Gasteiger partial charge on any atom is -0.352 e. The van der Waals surface area contributed by atoms with Crippen LogP contribution >= 0.6 is 0 Å². The van der Waals surface area contributed by atoms with Crippen molar-refractivity contribution in [1.82, 2.24) is 21.1 Å². The lowest BCUT2D eigenvalue weighted by Crippen LogP contribution is -2.45. The number of nitrogens with zero attached hydrogens (tertiary/aromatic N) is 1. The van der Waals surface area contributed by atoms with Crippen LogP contribution in [-0.4, -0.2) is 42.1 Å². The van der Waals surface area contributed by atoms with Gasteiger partial charge in [-0.1, -0.05) is 20.8 Å². The summed E-state index contributed by atoms with van der Waals surface area (Å²) >= 11 is 0. The lowest BCUT2D eigenvalue weighted by Gasteiger charge is -2.35. The first-order valence-corrected chi connectivity index (χ1v) is 8.65. The van der Waals surface area contributed by atoms with Gasteiger partial charge in [0.15, 0.2) is 0 Å². The Morgan fingerprint density at radius 2 is 2.00 bits per heavy atom. The van der Waals surface area contributed by atoms with Crippen LogP contribution in [0.1, 0.15) is 54.4 Å². The molecule has 128 valence electrons. The molecule has 0 spiro atoms. The second-order valence-electron chi connectivity index (χ2n) is 6.83. The smallest absolute Gasteiger partial charge is 0.250 e. The van der Waals surface area contributed by atoms with Crippen LogP contribution < -0.4 is 16.1 Å². The molecule has 2 aliphatic rings. The quantitative estimate of drug-likeness (QED) is 0.727. The minimum atomic E-state index is -0.00491. The number of hydrogen-bond donors (Lipinski definition) is 3. The van der Waals surface area contributed by atoms with E-state index < -0.39 is 0 Å². The van der Waals surface area contributed by atoms with Gasteiger partial charge >= 0.3 is 0 Å². The zero-order chi connectivity index (χ0) is 16.8. The summed E-state index contributed by atoms with van der Waals surface area (Å²) in [4.78, 5) is 12.1. The molecule has 1 aliphatic carbocycles. The molecule has 0 aromatic carbocycles. The maximum atomic E-state index is 12.1. The highest BCUT2D eigenvalue weighted by Crippen LogP contribution is 2.26. The van der Waals surface area contributed by atoms with Gasteiger partial charge in [-0.05, 0) is 46.1 Å². The zero-order valence-electron chi connectivity index (χ0n) is 15.1. The predicted molar refractivity (Wildman–Crippen MR) is 92.2 cm³/mol. The van der Waals surface area contributed by atoms with Crippen LogP contribution in [0.2, 0.25) is 0 Å². The molecule has 1 amide bonds. The topological polar surface area (TPSA) is 56.4 Å². The summed E-state index contributed by atoms with van der Waals surface area (Å²) in [5.41, 5.74) is 4.05. The average molecular weight is 310 g/mol. The molecule has 0 radical (unpaired) electrons.